The topological polar surface area (TPSA) is 40.5 Å². The van der Waals surface area contributed by atoms with Crippen LogP contribution >= 0.6 is 0 Å². The number of hydrogen-bond donors (Lipinski definition) is 1. The first-order chi connectivity index (χ1) is 9.04. The Morgan fingerprint density at radius 2 is 2.00 bits per heavy atom. The van der Waals surface area contributed by atoms with E-state index in [0.717, 1.165) is 19.3 Å². The minimum absolute atomic E-state index is 0.164. The zero-order valence-electron chi connectivity index (χ0n) is 12.0. The van der Waals surface area contributed by atoms with Gasteiger partial charge in [0.05, 0.1) is 5.92 Å². The van der Waals surface area contributed by atoms with Crippen molar-refractivity contribution in [1.29, 1.82) is 0 Å². The molecule has 0 radical (unpaired) electrons. The van der Waals surface area contributed by atoms with E-state index in [1.165, 1.54) is 11.1 Å². The fourth-order valence-corrected chi connectivity index (χ4v) is 2.95. The van der Waals surface area contributed by atoms with E-state index in [-0.39, 0.29) is 17.9 Å². The molecule has 3 nitrogen and oxygen atoms in total. The van der Waals surface area contributed by atoms with Gasteiger partial charge < -0.3 is 10.0 Å². The molecule has 1 aliphatic rings. The van der Waals surface area contributed by atoms with Crippen LogP contribution in [-0.2, 0) is 11.2 Å². The third-order valence-corrected chi connectivity index (χ3v) is 3.98. The van der Waals surface area contributed by atoms with E-state index in [0.29, 0.717) is 0 Å². The molecule has 2 rings (SSSR count). The molecule has 0 aliphatic heterocycles. The number of hydrogen-bond acceptors (Lipinski definition) is 2. The molecular weight excluding hydrogens is 238 g/mol. The Labute approximate surface area is 115 Å². The molecule has 1 aromatic rings. The maximum absolute atomic E-state index is 11.1. The lowest BCUT2D eigenvalue weighted by atomic mass is 9.98. The first kappa shape index (κ1) is 14.1. The number of rotatable bonds is 6. The highest BCUT2D eigenvalue weighted by Crippen LogP contribution is 2.49. The predicted molar refractivity (Wildman–Crippen MR) is 76.1 cm³/mol. The molecular formula is C16H23NO2. The monoisotopic (exact) mass is 261 g/mol. The Hall–Kier alpha value is -1.35. The molecule has 1 aliphatic carbocycles. The van der Waals surface area contributed by atoms with Gasteiger partial charge in [-0.2, -0.15) is 0 Å². The Morgan fingerprint density at radius 3 is 2.42 bits per heavy atom. The van der Waals surface area contributed by atoms with E-state index in [4.69, 9.17) is 5.11 Å². The molecule has 1 aromatic carbocycles. The normalized spacial score (nSPS) is 23.4. The van der Waals surface area contributed by atoms with Crippen molar-refractivity contribution >= 4 is 5.97 Å². The SMILES string of the molecule is CCCc1ccc(C(C2CC2C(=O)O)N(C)C)cc1. The molecule has 104 valence electrons. The number of carbonyl (C=O) groups is 1. The number of carboxylic acids is 1. The van der Waals surface area contributed by atoms with Crippen LogP contribution in [0.3, 0.4) is 0 Å². The molecule has 0 amide bonds. The Balaban J connectivity index is 2.14. The minimum atomic E-state index is -0.653. The van der Waals surface area contributed by atoms with Gasteiger partial charge in [-0.25, -0.2) is 0 Å². The van der Waals surface area contributed by atoms with Gasteiger partial charge in [0.2, 0.25) is 0 Å². The highest BCUT2D eigenvalue weighted by atomic mass is 16.4. The second-order valence-corrected chi connectivity index (χ2v) is 5.74. The Morgan fingerprint density at radius 1 is 1.37 bits per heavy atom. The summed E-state index contributed by atoms with van der Waals surface area (Å²) in [6.07, 6.45) is 3.06. The van der Waals surface area contributed by atoms with Crippen LogP contribution in [-0.4, -0.2) is 30.1 Å². The van der Waals surface area contributed by atoms with Gasteiger partial charge in [0.25, 0.3) is 0 Å². The second-order valence-electron chi connectivity index (χ2n) is 5.74. The van der Waals surface area contributed by atoms with Crippen molar-refractivity contribution in [2.45, 2.75) is 32.2 Å². The van der Waals surface area contributed by atoms with Gasteiger partial charge in [-0.15, -0.1) is 0 Å². The first-order valence-corrected chi connectivity index (χ1v) is 7.02. The van der Waals surface area contributed by atoms with Gasteiger partial charge in [-0.3, -0.25) is 4.79 Å². The van der Waals surface area contributed by atoms with E-state index < -0.39 is 5.97 Å². The molecule has 3 atom stereocenters. The van der Waals surface area contributed by atoms with Crippen molar-refractivity contribution in [2.75, 3.05) is 14.1 Å². The fraction of sp³-hybridized carbons (Fsp3) is 0.562. The number of nitrogens with zero attached hydrogens (tertiary/aromatic N) is 1. The van der Waals surface area contributed by atoms with Crippen LogP contribution in [0.4, 0.5) is 0 Å². The summed E-state index contributed by atoms with van der Waals surface area (Å²) in [4.78, 5) is 13.2. The number of benzene rings is 1. The lowest BCUT2D eigenvalue weighted by molar-refractivity contribution is -0.139. The maximum atomic E-state index is 11.1. The Kier molecular flexibility index (Phi) is 4.25. The van der Waals surface area contributed by atoms with E-state index in [9.17, 15) is 4.79 Å². The minimum Gasteiger partial charge on any atom is -0.481 e. The highest BCUT2D eigenvalue weighted by Gasteiger charge is 2.49. The lowest BCUT2D eigenvalue weighted by Crippen LogP contribution is -2.23. The van der Waals surface area contributed by atoms with Crippen LogP contribution in [0.25, 0.3) is 0 Å². The van der Waals surface area contributed by atoms with Gasteiger partial charge in [0, 0.05) is 6.04 Å². The second kappa shape index (κ2) is 5.74. The van der Waals surface area contributed by atoms with Gasteiger partial charge >= 0.3 is 5.97 Å². The number of carboxylic acid groups (broad SMARTS) is 1. The summed E-state index contributed by atoms with van der Waals surface area (Å²) in [6, 6.07) is 8.89. The molecule has 0 saturated heterocycles. The number of aliphatic carboxylic acids is 1. The summed E-state index contributed by atoms with van der Waals surface area (Å²) >= 11 is 0. The van der Waals surface area contributed by atoms with E-state index in [1.54, 1.807) is 0 Å². The van der Waals surface area contributed by atoms with Gasteiger partial charge in [-0.1, -0.05) is 37.6 Å². The standard InChI is InChI=1S/C16H23NO2/c1-4-5-11-6-8-12(9-7-11)15(17(2)3)13-10-14(13)16(18)19/h6-9,13-15H,4-5,10H2,1-3H3,(H,18,19). The Bertz CT molecular complexity index is 439. The van der Waals surface area contributed by atoms with Crippen molar-refractivity contribution in [3.05, 3.63) is 35.4 Å². The first-order valence-electron chi connectivity index (χ1n) is 7.02. The van der Waals surface area contributed by atoms with E-state index >= 15 is 0 Å². The van der Waals surface area contributed by atoms with Crippen molar-refractivity contribution in [1.82, 2.24) is 4.90 Å². The summed E-state index contributed by atoms with van der Waals surface area (Å²) in [5.41, 5.74) is 2.59. The maximum Gasteiger partial charge on any atom is 0.306 e. The van der Waals surface area contributed by atoms with Crippen LogP contribution < -0.4 is 0 Å². The van der Waals surface area contributed by atoms with Crippen molar-refractivity contribution < 1.29 is 9.90 Å². The lowest BCUT2D eigenvalue weighted by Gasteiger charge is -2.25. The van der Waals surface area contributed by atoms with Crippen LogP contribution in [0.5, 0.6) is 0 Å². The summed E-state index contributed by atoms with van der Waals surface area (Å²) in [6.45, 7) is 2.18. The van der Waals surface area contributed by atoms with E-state index in [2.05, 4.69) is 36.1 Å². The molecule has 1 fully saturated rings. The van der Waals surface area contributed by atoms with Gasteiger partial charge in [0.15, 0.2) is 0 Å². The summed E-state index contributed by atoms with van der Waals surface area (Å²) in [7, 11) is 4.06. The molecule has 0 aromatic heterocycles. The molecule has 1 N–H and O–H groups in total. The predicted octanol–water partition coefficient (Wildman–Crippen LogP) is 2.96. The molecule has 0 heterocycles. The van der Waals surface area contributed by atoms with E-state index in [1.807, 2.05) is 14.1 Å². The number of aryl methyl sites for hydroxylation is 1. The van der Waals surface area contributed by atoms with Crippen LogP contribution in [0.2, 0.25) is 0 Å². The van der Waals surface area contributed by atoms with Crippen molar-refractivity contribution in [3.63, 3.8) is 0 Å². The molecule has 3 heteroatoms. The smallest absolute Gasteiger partial charge is 0.306 e. The average Bonchev–Trinajstić information content (AvgIpc) is 3.12. The molecule has 3 unspecified atom stereocenters. The zero-order chi connectivity index (χ0) is 14.0. The quantitative estimate of drug-likeness (QED) is 0.856. The largest absolute Gasteiger partial charge is 0.481 e. The molecule has 0 spiro atoms. The third-order valence-electron chi connectivity index (χ3n) is 3.98. The van der Waals surface area contributed by atoms with Gasteiger partial charge in [0.1, 0.15) is 0 Å². The van der Waals surface area contributed by atoms with Crippen molar-refractivity contribution in [3.8, 4) is 0 Å². The highest BCUT2D eigenvalue weighted by molar-refractivity contribution is 5.73. The fourth-order valence-electron chi connectivity index (χ4n) is 2.95. The average molecular weight is 261 g/mol. The zero-order valence-corrected chi connectivity index (χ0v) is 12.0. The van der Waals surface area contributed by atoms with Crippen molar-refractivity contribution in [2.24, 2.45) is 11.8 Å². The van der Waals surface area contributed by atoms with Crippen LogP contribution in [0, 0.1) is 11.8 Å². The summed E-state index contributed by atoms with van der Waals surface area (Å²) in [5.74, 6) is -0.563. The summed E-state index contributed by atoms with van der Waals surface area (Å²) < 4.78 is 0. The third kappa shape index (κ3) is 3.16. The molecule has 0 bridgehead atoms. The molecule has 19 heavy (non-hydrogen) atoms. The van der Waals surface area contributed by atoms with Crippen LogP contribution in [0.1, 0.15) is 36.9 Å². The van der Waals surface area contributed by atoms with Crippen LogP contribution in [0.15, 0.2) is 24.3 Å². The summed E-state index contributed by atoms with van der Waals surface area (Å²) in [5, 5.41) is 9.10. The van der Waals surface area contributed by atoms with Gasteiger partial charge in [-0.05, 0) is 44.0 Å². The molecule has 1 saturated carbocycles.